The van der Waals surface area contributed by atoms with Crippen LogP contribution in [0, 0.1) is 0 Å². The molecule has 1 aliphatic rings. The number of carbonyl (C=O) groups excluding carboxylic acids is 4. The molecule has 9 nitrogen and oxygen atoms in total. The third-order valence-corrected chi connectivity index (χ3v) is 6.07. The molecule has 0 saturated heterocycles. The molecule has 0 saturated carbocycles. The van der Waals surface area contributed by atoms with E-state index in [4.69, 9.17) is 23.2 Å². The molecule has 0 spiro atoms. The Morgan fingerprint density at radius 2 is 1.47 bits per heavy atom. The quantitative estimate of drug-likeness (QED) is 0.345. The first kappa shape index (κ1) is 25.2. The summed E-state index contributed by atoms with van der Waals surface area (Å²) < 4.78 is 0. The summed E-state index contributed by atoms with van der Waals surface area (Å²) >= 11 is 11.8. The number of fused-ring (bicyclic) bond motifs is 1. The van der Waals surface area contributed by atoms with Gasteiger partial charge < -0.3 is 21.1 Å². The lowest BCUT2D eigenvalue weighted by molar-refractivity contribution is 0.0542. The summed E-state index contributed by atoms with van der Waals surface area (Å²) in [6, 6.07) is 16.7. The highest BCUT2D eigenvalue weighted by molar-refractivity contribution is 6.42. The molecule has 11 heteroatoms. The molecule has 1 aliphatic heterocycles. The number of urea groups is 1. The maximum Gasteiger partial charge on any atom is 0.323 e. The number of amides is 5. The molecule has 0 bridgehead atoms. The van der Waals surface area contributed by atoms with Crippen LogP contribution in [0.2, 0.25) is 10.0 Å². The zero-order valence-corrected chi connectivity index (χ0v) is 20.1. The van der Waals surface area contributed by atoms with Gasteiger partial charge in [0.1, 0.15) is 0 Å². The Labute approximate surface area is 216 Å². The summed E-state index contributed by atoms with van der Waals surface area (Å²) in [6.07, 6.45) is -1.17. The number of imide groups is 1. The normalized spacial score (nSPS) is 13.2. The highest BCUT2D eigenvalue weighted by Gasteiger charge is 2.36. The molecule has 4 N–H and O–H groups in total. The first-order chi connectivity index (χ1) is 17.2. The largest absolute Gasteiger partial charge is 0.389 e. The van der Waals surface area contributed by atoms with Gasteiger partial charge in [0, 0.05) is 23.5 Å². The first-order valence-corrected chi connectivity index (χ1v) is 11.5. The summed E-state index contributed by atoms with van der Waals surface area (Å²) in [7, 11) is 0. The van der Waals surface area contributed by atoms with Crippen LogP contribution in [0.25, 0.3) is 0 Å². The molecule has 0 aromatic heterocycles. The number of nitrogens with one attached hydrogen (secondary N) is 3. The molecule has 1 atom stereocenters. The molecule has 3 aromatic carbocycles. The van der Waals surface area contributed by atoms with E-state index in [1.807, 2.05) is 0 Å². The van der Waals surface area contributed by atoms with Crippen molar-refractivity contribution in [3.05, 3.63) is 93.5 Å². The number of hydrogen-bond donors (Lipinski definition) is 4. The lowest BCUT2D eigenvalue weighted by atomic mass is 10.1. The monoisotopic (exact) mass is 526 g/mol. The highest BCUT2D eigenvalue weighted by Crippen LogP contribution is 2.25. The molecule has 1 unspecified atom stereocenters. The second-order valence-electron chi connectivity index (χ2n) is 7.92. The van der Waals surface area contributed by atoms with Crippen molar-refractivity contribution in [3.63, 3.8) is 0 Å². The average molecular weight is 527 g/mol. The molecule has 3 aromatic rings. The molecule has 1 heterocycles. The van der Waals surface area contributed by atoms with Crippen molar-refractivity contribution in [1.29, 1.82) is 0 Å². The number of hydrogen-bond acceptors (Lipinski definition) is 5. The second kappa shape index (κ2) is 10.8. The van der Waals surface area contributed by atoms with E-state index in [0.29, 0.717) is 21.4 Å². The third kappa shape index (κ3) is 5.65. The van der Waals surface area contributed by atoms with E-state index in [1.54, 1.807) is 48.5 Å². The molecule has 184 valence electrons. The predicted octanol–water partition coefficient (Wildman–Crippen LogP) is 4.02. The summed E-state index contributed by atoms with van der Waals surface area (Å²) in [5.41, 5.74) is 1.59. The number of benzene rings is 3. The van der Waals surface area contributed by atoms with Crippen LogP contribution in [0.5, 0.6) is 0 Å². The number of aliphatic hydroxyl groups is 1. The van der Waals surface area contributed by atoms with Crippen LogP contribution in [-0.2, 0) is 0 Å². The van der Waals surface area contributed by atoms with Crippen molar-refractivity contribution in [1.82, 2.24) is 10.2 Å². The highest BCUT2D eigenvalue weighted by atomic mass is 35.5. The number of β-amino-alcohol motifs (C(OH)–C–C–N with tert-alkyl or cyclic N) is 1. The number of aliphatic hydroxyl groups excluding tert-OH is 1. The Balaban J connectivity index is 1.30. The summed E-state index contributed by atoms with van der Waals surface area (Å²) in [5, 5.41) is 18.8. The molecule has 5 amide bonds. The molecule has 0 aliphatic carbocycles. The average Bonchev–Trinajstić information content (AvgIpc) is 3.10. The minimum Gasteiger partial charge on any atom is -0.389 e. The van der Waals surface area contributed by atoms with Gasteiger partial charge in [-0.05, 0) is 48.5 Å². The molecular weight excluding hydrogens is 507 g/mol. The van der Waals surface area contributed by atoms with Gasteiger partial charge in [-0.25, -0.2) is 4.79 Å². The van der Waals surface area contributed by atoms with E-state index in [1.165, 1.54) is 18.2 Å². The fourth-order valence-corrected chi connectivity index (χ4v) is 3.90. The van der Waals surface area contributed by atoms with Gasteiger partial charge in [-0.1, -0.05) is 41.4 Å². The number of nitrogens with zero attached hydrogens (tertiary/aromatic N) is 1. The Morgan fingerprint density at radius 3 is 2.11 bits per heavy atom. The zero-order chi connectivity index (χ0) is 25.8. The van der Waals surface area contributed by atoms with Crippen molar-refractivity contribution in [2.45, 2.75) is 6.10 Å². The third-order valence-electron chi connectivity index (χ3n) is 5.33. The maximum absolute atomic E-state index is 12.6. The lowest BCUT2D eigenvalue weighted by Crippen LogP contribution is -2.42. The number of rotatable bonds is 7. The molecule has 0 fully saturated rings. The topological polar surface area (TPSA) is 128 Å². The Bertz CT molecular complexity index is 1330. The van der Waals surface area contributed by atoms with E-state index < -0.39 is 29.9 Å². The number of halogens is 2. The van der Waals surface area contributed by atoms with Gasteiger partial charge in [0.2, 0.25) is 0 Å². The van der Waals surface area contributed by atoms with Gasteiger partial charge in [0.15, 0.2) is 0 Å². The van der Waals surface area contributed by atoms with Gasteiger partial charge in [0.05, 0.1) is 33.8 Å². The van der Waals surface area contributed by atoms with Crippen molar-refractivity contribution < 1.29 is 24.3 Å². The number of carbonyl (C=O) groups is 4. The van der Waals surface area contributed by atoms with Crippen LogP contribution in [0.3, 0.4) is 0 Å². The zero-order valence-electron chi connectivity index (χ0n) is 18.6. The molecule has 0 radical (unpaired) electrons. The Morgan fingerprint density at radius 1 is 0.833 bits per heavy atom. The summed E-state index contributed by atoms with van der Waals surface area (Å²) in [5.74, 6) is -1.48. The SMILES string of the molecule is O=C(Nc1cccc(C(=O)NCC(O)CN2C(=O)c3ccccc3C2=O)c1)Nc1ccc(Cl)c(Cl)c1. The van der Waals surface area contributed by atoms with Crippen LogP contribution >= 0.6 is 23.2 Å². The fourth-order valence-electron chi connectivity index (χ4n) is 3.60. The van der Waals surface area contributed by atoms with Gasteiger partial charge in [0.25, 0.3) is 17.7 Å². The van der Waals surface area contributed by atoms with Crippen molar-refractivity contribution in [2.75, 3.05) is 23.7 Å². The maximum atomic E-state index is 12.6. The van der Waals surface area contributed by atoms with E-state index in [9.17, 15) is 24.3 Å². The summed E-state index contributed by atoms with van der Waals surface area (Å²) in [4.78, 5) is 50.7. The van der Waals surface area contributed by atoms with Crippen LogP contribution in [0.4, 0.5) is 16.2 Å². The summed E-state index contributed by atoms with van der Waals surface area (Å²) in [6.45, 7) is -0.454. The van der Waals surface area contributed by atoms with Crippen molar-refractivity contribution in [3.8, 4) is 0 Å². The van der Waals surface area contributed by atoms with Crippen molar-refractivity contribution >= 4 is 58.3 Å². The molecule has 4 rings (SSSR count). The van der Waals surface area contributed by atoms with Gasteiger partial charge in [-0.2, -0.15) is 0 Å². The molecule has 36 heavy (non-hydrogen) atoms. The smallest absolute Gasteiger partial charge is 0.323 e. The van der Waals surface area contributed by atoms with E-state index >= 15 is 0 Å². The predicted molar refractivity (Wildman–Crippen MR) is 136 cm³/mol. The van der Waals surface area contributed by atoms with Gasteiger partial charge in [-0.3, -0.25) is 19.3 Å². The van der Waals surface area contributed by atoms with Crippen molar-refractivity contribution in [2.24, 2.45) is 0 Å². The Kier molecular flexibility index (Phi) is 7.54. The van der Waals surface area contributed by atoms with Crippen LogP contribution in [-0.4, -0.2) is 53.0 Å². The fraction of sp³-hybridized carbons (Fsp3) is 0.120. The van der Waals surface area contributed by atoms with E-state index in [-0.39, 0.29) is 29.8 Å². The first-order valence-electron chi connectivity index (χ1n) is 10.8. The Hall–Kier alpha value is -3.92. The minimum absolute atomic E-state index is 0.193. The van der Waals surface area contributed by atoms with E-state index in [2.05, 4.69) is 16.0 Å². The van der Waals surface area contributed by atoms with Gasteiger partial charge in [-0.15, -0.1) is 0 Å². The molecular formula is C25H20Cl2N4O5. The van der Waals surface area contributed by atoms with E-state index in [0.717, 1.165) is 4.90 Å². The minimum atomic E-state index is -1.17. The lowest BCUT2D eigenvalue weighted by Gasteiger charge is -2.19. The standard InChI is InChI=1S/C25H20Cl2N4O5/c26-20-9-8-16(11-21(20)27)30-25(36)29-15-5-3-4-14(10-15)22(33)28-12-17(32)13-31-23(34)18-6-1-2-7-19(18)24(31)35/h1-11,17,32H,12-13H2,(H,28,33)(H2,29,30,36). The second-order valence-corrected chi connectivity index (χ2v) is 8.73. The van der Waals surface area contributed by atoms with Gasteiger partial charge >= 0.3 is 6.03 Å². The van der Waals surface area contributed by atoms with Crippen LogP contribution < -0.4 is 16.0 Å². The van der Waals surface area contributed by atoms with Crippen LogP contribution in [0.15, 0.2) is 66.7 Å². The number of anilines is 2. The van der Waals surface area contributed by atoms with Crippen LogP contribution in [0.1, 0.15) is 31.1 Å².